The van der Waals surface area contributed by atoms with E-state index in [2.05, 4.69) is 31.2 Å². The number of halogens is 1. The average molecular weight is 374 g/mol. The maximum Gasteiger partial charge on any atom is 0.257 e. The second-order valence-electron chi connectivity index (χ2n) is 4.61. The Labute approximate surface area is 140 Å². The molecule has 0 radical (unpaired) electrons. The molecule has 1 amide bonds. The lowest BCUT2D eigenvalue weighted by atomic mass is 10.2. The summed E-state index contributed by atoms with van der Waals surface area (Å²) in [5.41, 5.74) is 2.31. The van der Waals surface area contributed by atoms with Crippen molar-refractivity contribution in [1.82, 2.24) is 9.97 Å². The van der Waals surface area contributed by atoms with Gasteiger partial charge in [-0.1, -0.05) is 33.3 Å². The van der Waals surface area contributed by atoms with Gasteiger partial charge in [-0.05, 0) is 43.3 Å². The summed E-state index contributed by atoms with van der Waals surface area (Å²) >= 11 is 4.78. The molecule has 0 fully saturated rings. The molecular weight excluding hydrogens is 362 g/mol. The number of benzene rings is 1. The second kappa shape index (κ2) is 6.37. The number of pyridine rings is 1. The topological polar surface area (TPSA) is 54.9 Å². The minimum Gasteiger partial charge on any atom is -0.298 e. The number of rotatable bonds is 3. The van der Waals surface area contributed by atoms with Gasteiger partial charge < -0.3 is 0 Å². The third-order valence-electron chi connectivity index (χ3n) is 3.02. The van der Waals surface area contributed by atoms with Gasteiger partial charge in [0.25, 0.3) is 5.91 Å². The molecule has 6 heteroatoms. The van der Waals surface area contributed by atoms with Gasteiger partial charge in [0.15, 0.2) is 5.13 Å². The van der Waals surface area contributed by atoms with E-state index in [-0.39, 0.29) is 5.91 Å². The van der Waals surface area contributed by atoms with Crippen LogP contribution in [-0.4, -0.2) is 15.9 Å². The van der Waals surface area contributed by atoms with E-state index in [1.165, 1.54) is 11.3 Å². The Bertz CT molecular complexity index is 800. The highest BCUT2D eigenvalue weighted by molar-refractivity contribution is 9.10. The van der Waals surface area contributed by atoms with Crippen molar-refractivity contribution in [3.05, 3.63) is 64.4 Å². The first-order valence-corrected chi connectivity index (χ1v) is 8.20. The third-order valence-corrected chi connectivity index (χ3v) is 4.65. The van der Waals surface area contributed by atoms with Crippen LogP contribution in [0.25, 0.3) is 10.6 Å². The molecule has 0 bridgehead atoms. The fourth-order valence-corrected chi connectivity index (χ4v) is 3.16. The van der Waals surface area contributed by atoms with Crippen molar-refractivity contribution in [2.24, 2.45) is 0 Å². The lowest BCUT2D eigenvalue weighted by Gasteiger charge is -2.01. The zero-order chi connectivity index (χ0) is 15.5. The number of aromatic nitrogens is 2. The molecule has 0 aliphatic carbocycles. The van der Waals surface area contributed by atoms with Crippen LogP contribution in [0.3, 0.4) is 0 Å². The second-order valence-corrected chi connectivity index (χ2v) is 6.52. The molecular formula is C16H12BrN3OS. The standard InChI is InChI=1S/C16H12BrN3OS/c1-10-14(13-4-2-3-9-18-13)22-16(19-10)20-15(21)11-5-7-12(17)8-6-11/h2-9H,1H3,(H,19,20,21). The van der Waals surface area contributed by atoms with E-state index in [0.29, 0.717) is 10.7 Å². The number of thiazole rings is 1. The molecule has 2 heterocycles. The summed E-state index contributed by atoms with van der Waals surface area (Å²) in [6.45, 7) is 1.91. The highest BCUT2D eigenvalue weighted by Gasteiger charge is 2.13. The minimum atomic E-state index is -0.172. The number of anilines is 1. The van der Waals surface area contributed by atoms with Crippen molar-refractivity contribution < 1.29 is 4.79 Å². The first-order valence-electron chi connectivity index (χ1n) is 6.59. The van der Waals surface area contributed by atoms with E-state index in [9.17, 15) is 4.79 Å². The molecule has 22 heavy (non-hydrogen) atoms. The third kappa shape index (κ3) is 3.23. The molecule has 110 valence electrons. The molecule has 0 unspecified atom stereocenters. The fraction of sp³-hybridized carbons (Fsp3) is 0.0625. The van der Waals surface area contributed by atoms with Crippen molar-refractivity contribution in [3.63, 3.8) is 0 Å². The summed E-state index contributed by atoms with van der Waals surface area (Å²) in [4.78, 5) is 21.9. The van der Waals surface area contributed by atoms with Crippen LogP contribution < -0.4 is 5.32 Å². The number of hydrogen-bond acceptors (Lipinski definition) is 4. The smallest absolute Gasteiger partial charge is 0.257 e. The van der Waals surface area contributed by atoms with Crippen molar-refractivity contribution in [3.8, 4) is 10.6 Å². The van der Waals surface area contributed by atoms with Crippen LogP contribution in [-0.2, 0) is 0 Å². The number of nitrogens with zero attached hydrogens (tertiary/aromatic N) is 2. The van der Waals surface area contributed by atoms with Crippen LogP contribution in [0.2, 0.25) is 0 Å². The Hall–Kier alpha value is -2.05. The maximum atomic E-state index is 12.2. The molecule has 1 aromatic carbocycles. The normalized spacial score (nSPS) is 10.5. The summed E-state index contributed by atoms with van der Waals surface area (Å²) in [5.74, 6) is -0.172. The quantitative estimate of drug-likeness (QED) is 0.733. The minimum absolute atomic E-state index is 0.172. The predicted molar refractivity (Wildman–Crippen MR) is 92.2 cm³/mol. The maximum absolute atomic E-state index is 12.2. The zero-order valence-electron chi connectivity index (χ0n) is 11.7. The van der Waals surface area contributed by atoms with Gasteiger partial charge in [-0.2, -0.15) is 0 Å². The number of aryl methyl sites for hydroxylation is 1. The predicted octanol–water partition coefficient (Wildman–Crippen LogP) is 4.53. The van der Waals surface area contributed by atoms with E-state index in [1.54, 1.807) is 18.3 Å². The van der Waals surface area contributed by atoms with Crippen molar-refractivity contribution in [2.45, 2.75) is 6.92 Å². The molecule has 1 N–H and O–H groups in total. The van der Waals surface area contributed by atoms with Crippen LogP contribution >= 0.6 is 27.3 Å². The summed E-state index contributed by atoms with van der Waals surface area (Å²) in [5, 5.41) is 3.41. The molecule has 0 saturated heterocycles. The first-order chi connectivity index (χ1) is 10.6. The molecule has 3 rings (SSSR count). The van der Waals surface area contributed by atoms with Crippen LogP contribution in [0, 0.1) is 6.92 Å². The zero-order valence-corrected chi connectivity index (χ0v) is 14.1. The molecule has 0 spiro atoms. The summed E-state index contributed by atoms with van der Waals surface area (Å²) in [6.07, 6.45) is 1.74. The van der Waals surface area contributed by atoms with Gasteiger partial charge in [0, 0.05) is 16.2 Å². The van der Waals surface area contributed by atoms with Gasteiger partial charge in [-0.25, -0.2) is 4.98 Å². The van der Waals surface area contributed by atoms with Gasteiger partial charge in [0.1, 0.15) is 0 Å². The SMILES string of the molecule is Cc1nc(NC(=O)c2ccc(Br)cc2)sc1-c1ccccn1. The van der Waals surface area contributed by atoms with Gasteiger partial charge >= 0.3 is 0 Å². The molecule has 2 aromatic heterocycles. The summed E-state index contributed by atoms with van der Waals surface area (Å²) < 4.78 is 0.937. The summed E-state index contributed by atoms with van der Waals surface area (Å²) in [6, 6.07) is 12.9. The molecule has 3 aromatic rings. The molecule has 0 saturated carbocycles. The summed E-state index contributed by atoms with van der Waals surface area (Å²) in [7, 11) is 0. The van der Waals surface area contributed by atoms with Gasteiger partial charge in [-0.15, -0.1) is 0 Å². The van der Waals surface area contributed by atoms with Crippen LogP contribution in [0.15, 0.2) is 53.1 Å². The largest absolute Gasteiger partial charge is 0.298 e. The highest BCUT2D eigenvalue weighted by atomic mass is 79.9. The van der Waals surface area contributed by atoms with Crippen LogP contribution in [0.1, 0.15) is 16.1 Å². The molecule has 0 aliphatic rings. The van der Waals surface area contributed by atoms with E-state index < -0.39 is 0 Å². The van der Waals surface area contributed by atoms with Crippen LogP contribution in [0.5, 0.6) is 0 Å². The fourth-order valence-electron chi connectivity index (χ4n) is 1.96. The van der Waals surface area contributed by atoms with Crippen molar-refractivity contribution in [1.29, 1.82) is 0 Å². The van der Waals surface area contributed by atoms with E-state index >= 15 is 0 Å². The number of nitrogens with one attached hydrogen (secondary N) is 1. The lowest BCUT2D eigenvalue weighted by Crippen LogP contribution is -2.11. The molecule has 0 aliphatic heterocycles. The van der Waals surface area contributed by atoms with Crippen molar-refractivity contribution in [2.75, 3.05) is 5.32 Å². The Kier molecular flexibility index (Phi) is 4.31. The average Bonchev–Trinajstić information content (AvgIpc) is 2.89. The number of hydrogen-bond donors (Lipinski definition) is 1. The Balaban J connectivity index is 1.82. The number of carbonyl (C=O) groups is 1. The Morgan fingerprint density at radius 2 is 1.95 bits per heavy atom. The lowest BCUT2D eigenvalue weighted by molar-refractivity contribution is 0.102. The highest BCUT2D eigenvalue weighted by Crippen LogP contribution is 2.31. The Morgan fingerprint density at radius 1 is 1.18 bits per heavy atom. The van der Waals surface area contributed by atoms with Gasteiger partial charge in [0.2, 0.25) is 0 Å². The van der Waals surface area contributed by atoms with Gasteiger partial charge in [-0.3, -0.25) is 15.1 Å². The molecule has 0 atom stereocenters. The van der Waals surface area contributed by atoms with E-state index in [4.69, 9.17) is 0 Å². The van der Waals surface area contributed by atoms with E-state index in [1.807, 2.05) is 37.3 Å². The van der Waals surface area contributed by atoms with E-state index in [0.717, 1.165) is 20.7 Å². The Morgan fingerprint density at radius 3 is 2.64 bits per heavy atom. The van der Waals surface area contributed by atoms with Gasteiger partial charge in [0.05, 0.1) is 16.3 Å². The monoisotopic (exact) mass is 373 g/mol. The number of carbonyl (C=O) groups excluding carboxylic acids is 1. The van der Waals surface area contributed by atoms with Crippen molar-refractivity contribution >= 4 is 38.3 Å². The number of amides is 1. The molecule has 4 nitrogen and oxygen atoms in total. The first kappa shape index (κ1) is 14.9. The van der Waals surface area contributed by atoms with Crippen LogP contribution in [0.4, 0.5) is 5.13 Å².